The van der Waals surface area contributed by atoms with Crippen LogP contribution in [0.25, 0.3) is 0 Å². The number of imidazole rings is 1. The average molecular weight is 483 g/mol. The first-order valence-corrected chi connectivity index (χ1v) is 13.5. The number of carboxylic acids is 1. The minimum absolute atomic E-state index is 0.0561. The Morgan fingerprint density at radius 1 is 0.882 bits per heavy atom. The van der Waals surface area contributed by atoms with Crippen molar-refractivity contribution in [2.75, 3.05) is 13.2 Å². The normalized spacial score (nSPS) is 12.4. The molecular weight excluding hydrogens is 432 g/mol. The molecule has 0 saturated carbocycles. The topological polar surface area (TPSA) is 93.7 Å². The molecule has 1 rings (SSSR count). The van der Waals surface area contributed by atoms with Crippen molar-refractivity contribution in [3.05, 3.63) is 16.7 Å². The van der Waals surface area contributed by atoms with Gasteiger partial charge in [-0.1, -0.05) is 53.4 Å². The van der Waals surface area contributed by atoms with E-state index >= 15 is 0 Å². The number of aromatic nitrogens is 2. The van der Waals surface area contributed by atoms with Gasteiger partial charge in [-0.2, -0.15) is 0 Å². The van der Waals surface area contributed by atoms with Gasteiger partial charge >= 0.3 is 11.7 Å². The van der Waals surface area contributed by atoms with Gasteiger partial charge in [-0.3, -0.25) is 13.9 Å². The maximum atomic E-state index is 12.3. The van der Waals surface area contributed by atoms with E-state index in [0.717, 1.165) is 70.8 Å². The number of carboxylic acid groups (broad SMARTS) is 1. The third-order valence-electron chi connectivity index (χ3n) is 8.20. The average Bonchev–Trinajstić information content (AvgIpc) is 3.12. The van der Waals surface area contributed by atoms with E-state index in [0.29, 0.717) is 32.5 Å². The van der Waals surface area contributed by atoms with Gasteiger partial charge in [-0.25, -0.2) is 4.79 Å². The first-order chi connectivity index (χ1) is 16.2. The first-order valence-electron chi connectivity index (χ1n) is 13.5. The number of aliphatic carboxylic acids is 1. The number of rotatable bonds is 20. The summed E-state index contributed by atoms with van der Waals surface area (Å²) in [5.74, 6) is -0.613. The second kappa shape index (κ2) is 15.3. The molecule has 0 amide bonds. The lowest BCUT2D eigenvalue weighted by Crippen LogP contribution is -2.29. The van der Waals surface area contributed by atoms with E-state index in [-0.39, 0.29) is 17.0 Å². The Bertz CT molecular complexity index is 760. The minimum Gasteiger partial charge on any atom is -0.493 e. The molecule has 0 saturated heterocycles. The molecule has 34 heavy (non-hydrogen) atoms. The largest absolute Gasteiger partial charge is 0.493 e. The molecule has 0 unspecified atom stereocenters. The highest BCUT2D eigenvalue weighted by atomic mass is 16.5. The van der Waals surface area contributed by atoms with Crippen LogP contribution in [0, 0.1) is 10.8 Å². The number of hydrogen-bond acceptors (Lipinski definition) is 4. The number of carbonyl (C=O) groups is 1. The second-order valence-electron chi connectivity index (χ2n) is 9.84. The Morgan fingerprint density at radius 3 is 1.91 bits per heavy atom. The van der Waals surface area contributed by atoms with Gasteiger partial charge in [0.25, 0.3) is 0 Å². The van der Waals surface area contributed by atoms with Crippen molar-refractivity contribution < 1.29 is 19.7 Å². The Kier molecular flexibility index (Phi) is 13.6. The Balaban J connectivity index is 2.31. The zero-order valence-corrected chi connectivity index (χ0v) is 22.4. The summed E-state index contributed by atoms with van der Waals surface area (Å²) < 4.78 is 8.84. The van der Waals surface area contributed by atoms with Crippen LogP contribution in [-0.4, -0.2) is 38.5 Å². The molecule has 0 aromatic carbocycles. The summed E-state index contributed by atoms with van der Waals surface area (Å²) >= 11 is 0. The molecular formula is C27H50N2O5. The fourth-order valence-corrected chi connectivity index (χ4v) is 5.13. The molecule has 0 spiro atoms. The van der Waals surface area contributed by atoms with Crippen LogP contribution >= 0.6 is 0 Å². The highest BCUT2D eigenvalue weighted by Crippen LogP contribution is 2.38. The van der Waals surface area contributed by atoms with E-state index in [1.807, 2.05) is 20.8 Å². The number of unbranched alkanes of at least 4 members (excludes halogenated alkanes) is 2. The lowest BCUT2D eigenvalue weighted by molar-refractivity contribution is -0.150. The molecule has 7 heteroatoms. The van der Waals surface area contributed by atoms with Crippen molar-refractivity contribution in [2.24, 2.45) is 10.8 Å². The SMILES string of the molecule is CCn1cc(O)n(CCCC(CC)(CC)CCCCOCCCCC(CC)(CC)C(=O)O)c1=O. The van der Waals surface area contributed by atoms with Gasteiger partial charge in [-0.05, 0) is 63.7 Å². The van der Waals surface area contributed by atoms with Crippen LogP contribution in [0.1, 0.15) is 112 Å². The predicted molar refractivity (Wildman–Crippen MR) is 137 cm³/mol. The fraction of sp³-hybridized carbons (Fsp3) is 0.852. The number of hydrogen-bond donors (Lipinski definition) is 2. The molecule has 0 aliphatic heterocycles. The summed E-state index contributed by atoms with van der Waals surface area (Å²) in [6, 6.07) is 0. The summed E-state index contributed by atoms with van der Waals surface area (Å²) in [7, 11) is 0. The molecule has 1 aromatic heterocycles. The standard InChI is InChI=1S/C27H50N2O5/c1-6-26(7-2,17-15-19-29-23(30)22-28(10-5)25(29)33)16-11-13-20-34-21-14-12-18-27(8-3,9-4)24(31)32/h22,30H,6-21H2,1-5H3,(H,31,32). The van der Waals surface area contributed by atoms with Crippen LogP contribution in [-0.2, 0) is 22.6 Å². The van der Waals surface area contributed by atoms with Crippen molar-refractivity contribution in [3.63, 3.8) is 0 Å². The van der Waals surface area contributed by atoms with Gasteiger partial charge in [0, 0.05) is 26.3 Å². The smallest absolute Gasteiger partial charge is 0.331 e. The van der Waals surface area contributed by atoms with Crippen LogP contribution in [0.2, 0.25) is 0 Å². The summed E-state index contributed by atoms with van der Waals surface area (Å²) in [6.07, 6.45) is 12.9. The second-order valence-corrected chi connectivity index (χ2v) is 9.84. The zero-order valence-electron chi connectivity index (χ0n) is 22.4. The van der Waals surface area contributed by atoms with E-state index in [2.05, 4.69) is 13.8 Å². The van der Waals surface area contributed by atoms with E-state index in [9.17, 15) is 19.8 Å². The third-order valence-corrected chi connectivity index (χ3v) is 8.20. The van der Waals surface area contributed by atoms with Crippen molar-refractivity contribution >= 4 is 5.97 Å². The highest BCUT2D eigenvalue weighted by Gasteiger charge is 2.33. The monoisotopic (exact) mass is 482 g/mol. The lowest BCUT2D eigenvalue weighted by Gasteiger charge is -2.32. The summed E-state index contributed by atoms with van der Waals surface area (Å²) in [6.45, 7) is 12.9. The predicted octanol–water partition coefficient (Wildman–Crippen LogP) is 6.21. The van der Waals surface area contributed by atoms with E-state index in [4.69, 9.17) is 4.74 Å². The van der Waals surface area contributed by atoms with Gasteiger partial charge in [0.05, 0.1) is 11.6 Å². The van der Waals surface area contributed by atoms with Gasteiger partial charge in [-0.15, -0.1) is 0 Å². The van der Waals surface area contributed by atoms with E-state index in [1.54, 1.807) is 4.57 Å². The van der Waals surface area contributed by atoms with Crippen LogP contribution in [0.5, 0.6) is 5.88 Å². The highest BCUT2D eigenvalue weighted by molar-refractivity contribution is 5.74. The van der Waals surface area contributed by atoms with Gasteiger partial charge < -0.3 is 14.9 Å². The number of aryl methyl sites for hydroxylation is 1. The van der Waals surface area contributed by atoms with Crippen LogP contribution < -0.4 is 5.69 Å². The van der Waals surface area contributed by atoms with E-state index in [1.165, 1.54) is 10.8 Å². The van der Waals surface area contributed by atoms with Crippen molar-refractivity contribution in [2.45, 2.75) is 125 Å². The molecule has 0 aliphatic carbocycles. The third kappa shape index (κ3) is 8.47. The van der Waals surface area contributed by atoms with Crippen molar-refractivity contribution in [3.8, 4) is 5.88 Å². The summed E-state index contributed by atoms with van der Waals surface area (Å²) in [5.41, 5.74) is -0.433. The minimum atomic E-state index is -0.669. The quantitative estimate of drug-likeness (QED) is 0.215. The zero-order chi connectivity index (χ0) is 25.6. The molecule has 0 bridgehead atoms. The fourth-order valence-electron chi connectivity index (χ4n) is 5.13. The molecule has 0 fully saturated rings. The maximum absolute atomic E-state index is 12.3. The summed E-state index contributed by atoms with van der Waals surface area (Å²) in [5, 5.41) is 19.6. The molecule has 0 radical (unpaired) electrons. The van der Waals surface area contributed by atoms with Crippen molar-refractivity contribution in [1.82, 2.24) is 9.13 Å². The molecule has 0 atom stereocenters. The van der Waals surface area contributed by atoms with E-state index < -0.39 is 11.4 Å². The Hall–Kier alpha value is -1.76. The molecule has 1 aromatic rings. The van der Waals surface area contributed by atoms with Crippen LogP contribution in [0.4, 0.5) is 0 Å². The van der Waals surface area contributed by atoms with Gasteiger partial charge in [0.2, 0.25) is 5.88 Å². The van der Waals surface area contributed by atoms with Crippen LogP contribution in [0.3, 0.4) is 0 Å². The Labute approximate surface area is 206 Å². The van der Waals surface area contributed by atoms with Gasteiger partial charge in [0.15, 0.2) is 0 Å². The molecule has 198 valence electrons. The lowest BCUT2D eigenvalue weighted by atomic mass is 9.74. The number of ether oxygens (including phenoxy) is 1. The maximum Gasteiger partial charge on any atom is 0.331 e. The Morgan fingerprint density at radius 2 is 1.44 bits per heavy atom. The van der Waals surface area contributed by atoms with Crippen molar-refractivity contribution in [1.29, 1.82) is 0 Å². The van der Waals surface area contributed by atoms with Crippen LogP contribution in [0.15, 0.2) is 11.0 Å². The molecule has 0 aliphatic rings. The van der Waals surface area contributed by atoms with Gasteiger partial charge in [0.1, 0.15) is 0 Å². The number of aromatic hydroxyl groups is 1. The molecule has 7 nitrogen and oxygen atoms in total. The molecule has 1 heterocycles. The molecule has 2 N–H and O–H groups in total. The number of nitrogens with zero attached hydrogens (tertiary/aromatic N) is 2. The first kappa shape index (κ1) is 30.3. The summed E-state index contributed by atoms with van der Waals surface area (Å²) in [4.78, 5) is 23.9.